The first-order valence-corrected chi connectivity index (χ1v) is 6.05. The minimum absolute atomic E-state index is 0.311. The number of nitrogens with zero attached hydrogens (tertiary/aromatic N) is 2. The number of nitrogens with two attached hydrogens (primary N) is 1. The second-order valence-electron chi connectivity index (χ2n) is 3.03. The van der Waals surface area contributed by atoms with E-state index in [2.05, 4.69) is 0 Å². The molecule has 0 aromatic heterocycles. The minimum atomic E-state index is -3.46. The van der Waals surface area contributed by atoms with E-state index in [9.17, 15) is 8.42 Å². The lowest BCUT2D eigenvalue weighted by molar-refractivity contribution is 0.457. The number of sulfonamides is 1. The van der Waals surface area contributed by atoms with Crippen molar-refractivity contribution < 1.29 is 8.42 Å². The van der Waals surface area contributed by atoms with Crippen LogP contribution < -0.4 is 5.73 Å². The second-order valence-corrected chi connectivity index (χ2v) is 5.26. The monoisotopic (exact) mass is 219 g/mol. The Bertz CT molecular complexity index is 294. The van der Waals surface area contributed by atoms with E-state index < -0.39 is 15.3 Å². The van der Waals surface area contributed by atoms with E-state index in [1.807, 2.05) is 0 Å². The van der Waals surface area contributed by atoms with Crippen molar-refractivity contribution in [3.05, 3.63) is 0 Å². The van der Waals surface area contributed by atoms with Gasteiger partial charge in [-0.15, -0.1) is 0 Å². The van der Waals surface area contributed by atoms with E-state index in [4.69, 9.17) is 11.0 Å². The van der Waals surface area contributed by atoms with Crippen LogP contribution in [-0.2, 0) is 10.0 Å². The molecular formula is C8H17N3O2S. The summed E-state index contributed by atoms with van der Waals surface area (Å²) < 4.78 is 24.5. The average molecular weight is 219 g/mol. The highest BCUT2D eigenvalue weighted by molar-refractivity contribution is 7.89. The summed E-state index contributed by atoms with van der Waals surface area (Å²) in [5, 5.41) is 7.72. The normalized spacial score (nSPS) is 13.9. The predicted octanol–water partition coefficient (Wildman–Crippen LogP) is -0.101. The van der Waals surface area contributed by atoms with Gasteiger partial charge in [-0.3, -0.25) is 0 Å². The van der Waals surface area contributed by atoms with Gasteiger partial charge < -0.3 is 5.73 Å². The van der Waals surface area contributed by atoms with Gasteiger partial charge in [0.15, 0.2) is 5.25 Å². The Morgan fingerprint density at radius 1 is 1.57 bits per heavy atom. The largest absolute Gasteiger partial charge is 0.330 e. The summed E-state index contributed by atoms with van der Waals surface area (Å²) in [6, 6.07) is 1.79. The number of hydrogen-bond acceptors (Lipinski definition) is 4. The highest BCUT2D eigenvalue weighted by atomic mass is 32.2. The molecule has 0 aromatic carbocycles. The van der Waals surface area contributed by atoms with Gasteiger partial charge in [0.1, 0.15) is 0 Å². The number of rotatable bonds is 6. The molecule has 0 heterocycles. The molecule has 2 N–H and O–H groups in total. The van der Waals surface area contributed by atoms with E-state index in [0.29, 0.717) is 25.9 Å². The number of nitriles is 1. The van der Waals surface area contributed by atoms with Gasteiger partial charge in [0, 0.05) is 13.6 Å². The standard InChI is InChI=1S/C8H17N3O2S/c1-3-8(7-10)14(12,13)11(2)6-4-5-9/h8H,3-6,9H2,1-2H3. The summed E-state index contributed by atoms with van der Waals surface area (Å²) >= 11 is 0. The minimum Gasteiger partial charge on any atom is -0.330 e. The first-order chi connectivity index (χ1) is 6.50. The fraction of sp³-hybridized carbons (Fsp3) is 0.875. The van der Waals surface area contributed by atoms with E-state index in [1.54, 1.807) is 13.0 Å². The Morgan fingerprint density at radius 2 is 2.14 bits per heavy atom. The molecule has 1 atom stereocenters. The third-order valence-electron chi connectivity index (χ3n) is 1.99. The summed E-state index contributed by atoms with van der Waals surface area (Å²) in [4.78, 5) is 0. The fourth-order valence-corrected chi connectivity index (χ4v) is 2.40. The molecule has 0 fully saturated rings. The molecule has 0 rings (SSSR count). The fourth-order valence-electron chi connectivity index (χ4n) is 1.03. The van der Waals surface area contributed by atoms with Crippen LogP contribution in [0.4, 0.5) is 0 Å². The first kappa shape index (κ1) is 13.4. The third-order valence-corrected chi connectivity index (χ3v) is 4.20. The van der Waals surface area contributed by atoms with Gasteiger partial charge in [-0.2, -0.15) is 5.26 Å². The molecule has 6 heteroatoms. The molecule has 82 valence electrons. The summed E-state index contributed by atoms with van der Waals surface area (Å²) in [6.07, 6.45) is 0.920. The van der Waals surface area contributed by atoms with Gasteiger partial charge in [0.05, 0.1) is 6.07 Å². The van der Waals surface area contributed by atoms with Crippen molar-refractivity contribution >= 4 is 10.0 Å². The first-order valence-electron chi connectivity index (χ1n) is 4.55. The summed E-state index contributed by atoms with van der Waals surface area (Å²) in [5.41, 5.74) is 5.27. The molecule has 0 spiro atoms. The van der Waals surface area contributed by atoms with Crippen molar-refractivity contribution in [3.63, 3.8) is 0 Å². The van der Waals surface area contributed by atoms with Gasteiger partial charge >= 0.3 is 0 Å². The Hall–Kier alpha value is -0.640. The van der Waals surface area contributed by atoms with Crippen LogP contribution in [0.1, 0.15) is 19.8 Å². The third kappa shape index (κ3) is 3.25. The Morgan fingerprint density at radius 3 is 2.50 bits per heavy atom. The SMILES string of the molecule is CCC(C#N)S(=O)(=O)N(C)CCCN. The molecule has 14 heavy (non-hydrogen) atoms. The highest BCUT2D eigenvalue weighted by Crippen LogP contribution is 2.09. The van der Waals surface area contributed by atoms with E-state index in [0.717, 1.165) is 0 Å². The molecule has 0 saturated carbocycles. The Balaban J connectivity index is 4.53. The summed E-state index contributed by atoms with van der Waals surface area (Å²) in [7, 11) is -1.98. The van der Waals surface area contributed by atoms with Gasteiger partial charge in [-0.25, -0.2) is 12.7 Å². The second kappa shape index (κ2) is 5.96. The lowest BCUT2D eigenvalue weighted by atomic mass is 10.4. The molecular weight excluding hydrogens is 202 g/mol. The van der Waals surface area contributed by atoms with Crippen molar-refractivity contribution in [1.29, 1.82) is 5.26 Å². The molecule has 0 aliphatic heterocycles. The molecule has 0 aromatic rings. The van der Waals surface area contributed by atoms with E-state index >= 15 is 0 Å². The number of hydrogen-bond donors (Lipinski definition) is 1. The van der Waals surface area contributed by atoms with Crippen LogP contribution in [-0.4, -0.2) is 38.1 Å². The van der Waals surface area contributed by atoms with Gasteiger partial charge in [-0.1, -0.05) is 6.92 Å². The zero-order valence-corrected chi connectivity index (χ0v) is 9.42. The van der Waals surface area contributed by atoms with E-state index in [-0.39, 0.29) is 0 Å². The van der Waals surface area contributed by atoms with Crippen LogP contribution in [0.25, 0.3) is 0 Å². The van der Waals surface area contributed by atoms with Crippen molar-refractivity contribution in [3.8, 4) is 6.07 Å². The molecule has 0 amide bonds. The maximum atomic E-state index is 11.7. The van der Waals surface area contributed by atoms with E-state index in [1.165, 1.54) is 11.4 Å². The van der Waals surface area contributed by atoms with Crippen LogP contribution in [0.2, 0.25) is 0 Å². The van der Waals surface area contributed by atoms with Gasteiger partial charge in [0.2, 0.25) is 10.0 Å². The lowest BCUT2D eigenvalue weighted by Gasteiger charge is -2.19. The van der Waals surface area contributed by atoms with Crippen molar-refractivity contribution in [2.45, 2.75) is 25.0 Å². The predicted molar refractivity (Wildman–Crippen MR) is 54.9 cm³/mol. The molecule has 0 radical (unpaired) electrons. The van der Waals surface area contributed by atoms with Crippen molar-refractivity contribution in [2.75, 3.05) is 20.1 Å². The van der Waals surface area contributed by atoms with Crippen LogP contribution in [0.3, 0.4) is 0 Å². The molecule has 0 saturated heterocycles. The van der Waals surface area contributed by atoms with Gasteiger partial charge in [0.25, 0.3) is 0 Å². The lowest BCUT2D eigenvalue weighted by Crippen LogP contribution is -2.36. The van der Waals surface area contributed by atoms with Crippen LogP contribution in [0.15, 0.2) is 0 Å². The zero-order valence-electron chi connectivity index (χ0n) is 8.60. The molecule has 0 aliphatic rings. The smallest absolute Gasteiger partial charge is 0.230 e. The van der Waals surface area contributed by atoms with Crippen molar-refractivity contribution in [1.82, 2.24) is 4.31 Å². The maximum absolute atomic E-state index is 11.7. The molecule has 0 aliphatic carbocycles. The summed E-state index contributed by atoms with van der Waals surface area (Å²) in [6.45, 7) is 2.50. The quantitative estimate of drug-likeness (QED) is 0.675. The summed E-state index contributed by atoms with van der Waals surface area (Å²) in [5.74, 6) is 0. The zero-order chi connectivity index (χ0) is 11.2. The average Bonchev–Trinajstić information content (AvgIpc) is 2.15. The molecule has 5 nitrogen and oxygen atoms in total. The van der Waals surface area contributed by atoms with Crippen LogP contribution in [0.5, 0.6) is 0 Å². The Kier molecular flexibility index (Phi) is 5.69. The maximum Gasteiger partial charge on any atom is 0.230 e. The molecule has 1 unspecified atom stereocenters. The van der Waals surface area contributed by atoms with Crippen LogP contribution >= 0.6 is 0 Å². The van der Waals surface area contributed by atoms with Gasteiger partial charge in [-0.05, 0) is 19.4 Å². The van der Waals surface area contributed by atoms with Crippen LogP contribution in [0, 0.1) is 11.3 Å². The topological polar surface area (TPSA) is 87.2 Å². The Labute approximate surface area is 85.5 Å². The highest BCUT2D eigenvalue weighted by Gasteiger charge is 2.27. The van der Waals surface area contributed by atoms with Crippen molar-refractivity contribution in [2.24, 2.45) is 5.73 Å². The molecule has 0 bridgehead atoms.